The molecule has 0 fully saturated rings. The minimum Gasteiger partial charge on any atom is -0.508 e. The number of phenols is 1. The number of nitrogens with one attached hydrogen (secondary N) is 2. The van der Waals surface area contributed by atoms with Crippen LogP contribution in [-0.2, 0) is 16.0 Å². The Morgan fingerprint density at radius 2 is 1.84 bits per heavy atom. The monoisotopic (exact) mass is 431 g/mol. The first-order valence-corrected chi connectivity index (χ1v) is 10.1. The third-order valence-corrected chi connectivity index (χ3v) is 5.19. The fraction of sp³-hybridized carbons (Fsp3) is 0.167. The van der Waals surface area contributed by atoms with Crippen molar-refractivity contribution < 1.29 is 24.2 Å². The van der Waals surface area contributed by atoms with Crippen LogP contribution in [0.4, 0.5) is 4.79 Å². The highest BCUT2D eigenvalue weighted by atomic mass is 16.5. The van der Waals surface area contributed by atoms with Crippen LogP contribution in [0.15, 0.2) is 48.5 Å². The summed E-state index contributed by atoms with van der Waals surface area (Å²) in [5.74, 6) is -1.17. The first kappa shape index (κ1) is 21.0. The van der Waals surface area contributed by atoms with Crippen LogP contribution in [0.5, 0.6) is 5.75 Å². The van der Waals surface area contributed by atoms with Gasteiger partial charge in [-0.05, 0) is 53.8 Å². The molecule has 0 aliphatic heterocycles. The number of phenolic OH excluding ortho intramolecular Hbond substituents is 1. The van der Waals surface area contributed by atoms with Crippen LogP contribution in [0.3, 0.4) is 0 Å². The maximum absolute atomic E-state index is 13.0. The molecular weight excluding hydrogens is 410 g/mol. The molecule has 8 heteroatoms. The molecule has 0 bridgehead atoms. The predicted molar refractivity (Wildman–Crippen MR) is 119 cm³/mol. The van der Waals surface area contributed by atoms with Gasteiger partial charge in [0, 0.05) is 12.4 Å². The summed E-state index contributed by atoms with van der Waals surface area (Å²) in [6.45, 7) is -0.576. The van der Waals surface area contributed by atoms with Crippen molar-refractivity contribution in [1.29, 1.82) is 0 Å². The SMILES string of the molecule is CNC(=O)NC(=O)COC(=O)c1c2c(nc3ccccc13)/C(=C/c1ccc(O)cc1)CC2. The molecular formula is C24H21N3O5. The Bertz CT molecular complexity index is 1250. The molecule has 8 nitrogen and oxygen atoms in total. The number of amides is 3. The van der Waals surface area contributed by atoms with Gasteiger partial charge >= 0.3 is 12.0 Å². The molecule has 1 aromatic heterocycles. The second-order valence-electron chi connectivity index (χ2n) is 7.30. The molecule has 0 radical (unpaired) electrons. The number of pyridine rings is 1. The molecule has 3 aromatic rings. The minimum absolute atomic E-state index is 0.188. The summed E-state index contributed by atoms with van der Waals surface area (Å²) in [6.07, 6.45) is 3.28. The molecule has 1 aliphatic carbocycles. The zero-order chi connectivity index (χ0) is 22.7. The summed E-state index contributed by atoms with van der Waals surface area (Å²) in [4.78, 5) is 40.9. The number of aromatic hydroxyl groups is 1. The summed E-state index contributed by atoms with van der Waals surface area (Å²) in [6, 6.07) is 13.4. The molecule has 1 aliphatic rings. The molecule has 0 spiro atoms. The molecule has 0 atom stereocenters. The maximum Gasteiger partial charge on any atom is 0.339 e. The largest absolute Gasteiger partial charge is 0.508 e. The van der Waals surface area contributed by atoms with Gasteiger partial charge in [0.1, 0.15) is 5.75 Å². The van der Waals surface area contributed by atoms with E-state index in [1.165, 1.54) is 7.05 Å². The van der Waals surface area contributed by atoms with Gasteiger partial charge in [0.25, 0.3) is 5.91 Å². The maximum atomic E-state index is 13.0. The summed E-state index contributed by atoms with van der Waals surface area (Å²) < 4.78 is 5.23. The Hall–Kier alpha value is -4.20. The number of carbonyl (C=O) groups is 3. The average molecular weight is 431 g/mol. The quantitative estimate of drug-likeness (QED) is 0.547. The Morgan fingerprint density at radius 3 is 2.59 bits per heavy atom. The van der Waals surface area contributed by atoms with Crippen molar-refractivity contribution in [3.8, 4) is 5.75 Å². The molecule has 2 aromatic carbocycles. The number of hydrogen-bond acceptors (Lipinski definition) is 6. The predicted octanol–water partition coefficient (Wildman–Crippen LogP) is 3.04. The molecule has 162 valence electrons. The molecule has 0 saturated carbocycles. The van der Waals surface area contributed by atoms with Crippen molar-refractivity contribution in [2.45, 2.75) is 12.8 Å². The van der Waals surface area contributed by atoms with Gasteiger partial charge in [0.2, 0.25) is 0 Å². The molecule has 0 saturated heterocycles. The van der Waals surface area contributed by atoms with E-state index in [1.54, 1.807) is 18.2 Å². The van der Waals surface area contributed by atoms with Crippen molar-refractivity contribution in [2.75, 3.05) is 13.7 Å². The Morgan fingerprint density at radius 1 is 1.09 bits per heavy atom. The molecule has 0 unspecified atom stereocenters. The highest BCUT2D eigenvalue weighted by molar-refractivity contribution is 6.08. The summed E-state index contributed by atoms with van der Waals surface area (Å²) in [7, 11) is 1.38. The van der Waals surface area contributed by atoms with Crippen molar-refractivity contribution in [3.63, 3.8) is 0 Å². The zero-order valence-corrected chi connectivity index (χ0v) is 17.3. The Balaban J connectivity index is 1.69. The number of para-hydroxylation sites is 1. The van der Waals surface area contributed by atoms with Crippen LogP contribution >= 0.6 is 0 Å². The summed E-state index contributed by atoms with van der Waals surface area (Å²) in [5, 5.41) is 14.5. The number of fused-ring (bicyclic) bond motifs is 2. The molecule has 32 heavy (non-hydrogen) atoms. The number of carbonyl (C=O) groups excluding carboxylic acids is 3. The molecule has 3 N–H and O–H groups in total. The van der Waals surface area contributed by atoms with Crippen molar-refractivity contribution in [1.82, 2.24) is 15.6 Å². The number of hydrogen-bond donors (Lipinski definition) is 3. The highest BCUT2D eigenvalue weighted by Gasteiger charge is 2.28. The standard InChI is InChI=1S/C24H21N3O5/c1-25-24(31)27-20(29)13-32-23(30)21-17-4-2-3-5-19(17)26-22-15(8-11-18(21)22)12-14-6-9-16(28)10-7-14/h2-7,9-10,12,28H,8,11,13H2,1H3,(H2,25,27,29,31)/b15-12+. The van der Waals surface area contributed by atoms with Crippen LogP contribution in [0.1, 0.15) is 33.6 Å². The smallest absolute Gasteiger partial charge is 0.339 e. The van der Waals surface area contributed by atoms with E-state index >= 15 is 0 Å². The fourth-order valence-corrected chi connectivity index (χ4v) is 3.71. The number of allylic oxidation sites excluding steroid dienone is 1. The number of urea groups is 1. The zero-order valence-electron chi connectivity index (χ0n) is 17.3. The number of benzene rings is 2. The van der Waals surface area contributed by atoms with Gasteiger partial charge in [0.05, 0.1) is 16.8 Å². The van der Waals surface area contributed by atoms with Crippen molar-refractivity contribution in [2.24, 2.45) is 0 Å². The van der Waals surface area contributed by atoms with E-state index in [0.29, 0.717) is 29.3 Å². The van der Waals surface area contributed by atoms with Crippen LogP contribution < -0.4 is 10.6 Å². The second kappa shape index (κ2) is 8.89. The van der Waals surface area contributed by atoms with E-state index in [0.717, 1.165) is 22.4 Å². The molecule has 3 amide bonds. The Kier molecular flexibility index (Phi) is 5.85. The number of nitrogens with zero attached hydrogens (tertiary/aromatic N) is 1. The van der Waals surface area contributed by atoms with E-state index in [4.69, 9.17) is 9.72 Å². The van der Waals surface area contributed by atoms with Gasteiger partial charge in [-0.2, -0.15) is 0 Å². The van der Waals surface area contributed by atoms with Crippen molar-refractivity contribution in [3.05, 3.63) is 70.9 Å². The van der Waals surface area contributed by atoms with Crippen LogP contribution in [0.25, 0.3) is 22.6 Å². The third-order valence-electron chi connectivity index (χ3n) is 5.19. The second-order valence-corrected chi connectivity index (χ2v) is 7.30. The normalized spacial score (nSPS) is 13.6. The third kappa shape index (κ3) is 4.29. The number of rotatable bonds is 4. The van der Waals surface area contributed by atoms with Crippen LogP contribution in [-0.4, -0.2) is 41.7 Å². The van der Waals surface area contributed by atoms with Crippen molar-refractivity contribution >= 4 is 40.5 Å². The minimum atomic E-state index is -0.722. The van der Waals surface area contributed by atoms with Gasteiger partial charge in [-0.25, -0.2) is 14.6 Å². The molecule has 1 heterocycles. The van der Waals surface area contributed by atoms with E-state index in [-0.39, 0.29) is 5.75 Å². The van der Waals surface area contributed by atoms with Gasteiger partial charge in [-0.1, -0.05) is 30.3 Å². The van der Waals surface area contributed by atoms with E-state index in [1.807, 2.05) is 36.4 Å². The van der Waals surface area contributed by atoms with E-state index in [2.05, 4.69) is 10.6 Å². The lowest BCUT2D eigenvalue weighted by molar-refractivity contribution is -0.123. The highest BCUT2D eigenvalue weighted by Crippen LogP contribution is 2.37. The van der Waals surface area contributed by atoms with Gasteiger partial charge in [0.15, 0.2) is 6.61 Å². The lowest BCUT2D eigenvalue weighted by Gasteiger charge is -2.12. The van der Waals surface area contributed by atoms with Crippen LogP contribution in [0, 0.1) is 0 Å². The average Bonchev–Trinajstić information content (AvgIpc) is 3.19. The van der Waals surface area contributed by atoms with Gasteiger partial charge in [-0.3, -0.25) is 10.1 Å². The number of aromatic nitrogens is 1. The Labute approximate surface area is 183 Å². The molecule has 4 rings (SSSR count). The van der Waals surface area contributed by atoms with Gasteiger partial charge in [-0.15, -0.1) is 0 Å². The first-order valence-electron chi connectivity index (χ1n) is 10.1. The van der Waals surface area contributed by atoms with Gasteiger partial charge < -0.3 is 15.2 Å². The number of ether oxygens (including phenoxy) is 1. The van der Waals surface area contributed by atoms with E-state index < -0.39 is 24.5 Å². The lowest BCUT2D eigenvalue weighted by atomic mass is 10.0. The lowest BCUT2D eigenvalue weighted by Crippen LogP contribution is -2.39. The number of esters is 1. The summed E-state index contributed by atoms with van der Waals surface area (Å²) in [5.41, 5.74) is 4.40. The van der Waals surface area contributed by atoms with E-state index in [9.17, 15) is 19.5 Å². The number of imide groups is 1. The van der Waals surface area contributed by atoms with Crippen LogP contribution in [0.2, 0.25) is 0 Å². The summed E-state index contributed by atoms with van der Waals surface area (Å²) >= 11 is 0. The first-order chi connectivity index (χ1) is 15.5. The fourth-order valence-electron chi connectivity index (χ4n) is 3.71. The topological polar surface area (TPSA) is 118 Å².